The van der Waals surface area contributed by atoms with Gasteiger partial charge >= 0.3 is 12.0 Å². The Kier molecular flexibility index (Phi) is 6.19. The molecule has 0 spiro atoms. The van der Waals surface area contributed by atoms with Crippen LogP contribution in [0.15, 0.2) is 36.5 Å². The molecular weight excluding hydrogens is 344 g/mol. The number of carbonyl (C=O) groups is 2. The smallest absolute Gasteiger partial charge is 0.337 e. The van der Waals surface area contributed by atoms with Gasteiger partial charge in [-0.05, 0) is 44.2 Å². The van der Waals surface area contributed by atoms with Crippen molar-refractivity contribution < 1.29 is 14.3 Å². The van der Waals surface area contributed by atoms with Crippen molar-refractivity contribution in [3.8, 4) is 0 Å². The summed E-state index contributed by atoms with van der Waals surface area (Å²) in [5.41, 5.74) is 1.45. The normalized spacial score (nSPS) is 10.3. The molecule has 1 aromatic heterocycles. The average Bonchev–Trinajstić information content (AvgIpc) is 2.57. The van der Waals surface area contributed by atoms with Crippen molar-refractivity contribution >= 4 is 40.8 Å². The minimum atomic E-state index is -0.455. The molecule has 1 aromatic carbocycles. The van der Waals surface area contributed by atoms with E-state index in [1.54, 1.807) is 30.3 Å². The number of nitrogens with one attached hydrogen (secondary N) is 3. The van der Waals surface area contributed by atoms with E-state index in [9.17, 15) is 9.59 Å². The SMILES string of the molecule is COC(=O)c1ccc(Cl)c(Nc2ccc(NC(=O)NC(C)C)cn2)c1. The number of halogens is 1. The van der Waals surface area contributed by atoms with Crippen LogP contribution in [-0.2, 0) is 4.74 Å². The highest BCUT2D eigenvalue weighted by Crippen LogP contribution is 2.26. The Hall–Kier alpha value is -2.80. The zero-order chi connectivity index (χ0) is 18.4. The van der Waals surface area contributed by atoms with Gasteiger partial charge in [-0.15, -0.1) is 0 Å². The third-order valence-electron chi connectivity index (χ3n) is 3.09. The highest BCUT2D eigenvalue weighted by Gasteiger charge is 2.10. The number of rotatable bonds is 5. The molecule has 0 atom stereocenters. The van der Waals surface area contributed by atoms with E-state index in [1.165, 1.54) is 13.3 Å². The van der Waals surface area contributed by atoms with Gasteiger partial charge in [0.2, 0.25) is 0 Å². The van der Waals surface area contributed by atoms with Gasteiger partial charge in [0.15, 0.2) is 0 Å². The zero-order valence-electron chi connectivity index (χ0n) is 14.1. The number of ether oxygens (including phenoxy) is 1. The number of anilines is 3. The molecule has 2 amide bonds. The molecule has 2 rings (SSSR count). The number of urea groups is 1. The van der Waals surface area contributed by atoms with Crippen LogP contribution in [0.3, 0.4) is 0 Å². The fraction of sp³-hybridized carbons (Fsp3) is 0.235. The van der Waals surface area contributed by atoms with Crippen molar-refractivity contribution in [2.75, 3.05) is 17.7 Å². The highest BCUT2D eigenvalue weighted by molar-refractivity contribution is 6.33. The van der Waals surface area contributed by atoms with Crippen molar-refractivity contribution in [2.24, 2.45) is 0 Å². The summed E-state index contributed by atoms with van der Waals surface area (Å²) in [5, 5.41) is 8.86. The van der Waals surface area contributed by atoms with E-state index in [0.29, 0.717) is 27.8 Å². The summed E-state index contributed by atoms with van der Waals surface area (Å²) in [4.78, 5) is 27.5. The Bertz CT molecular complexity index is 763. The van der Waals surface area contributed by atoms with Gasteiger partial charge in [0.25, 0.3) is 0 Å². The van der Waals surface area contributed by atoms with Crippen molar-refractivity contribution in [1.29, 1.82) is 0 Å². The number of hydrogen-bond acceptors (Lipinski definition) is 5. The number of nitrogens with zero attached hydrogens (tertiary/aromatic N) is 1. The van der Waals surface area contributed by atoms with E-state index in [2.05, 4.69) is 25.7 Å². The van der Waals surface area contributed by atoms with Crippen molar-refractivity contribution in [2.45, 2.75) is 19.9 Å². The number of carbonyl (C=O) groups excluding carboxylic acids is 2. The predicted octanol–water partition coefficient (Wildman–Crippen LogP) is 3.80. The highest BCUT2D eigenvalue weighted by atomic mass is 35.5. The maximum atomic E-state index is 11.6. The first-order valence-corrected chi connectivity index (χ1v) is 7.95. The molecule has 0 saturated heterocycles. The number of methoxy groups -OCH3 is 1. The van der Waals surface area contributed by atoms with Crippen LogP contribution in [0.5, 0.6) is 0 Å². The van der Waals surface area contributed by atoms with Crippen LogP contribution in [0.2, 0.25) is 5.02 Å². The van der Waals surface area contributed by atoms with Crippen molar-refractivity contribution in [1.82, 2.24) is 10.3 Å². The third-order valence-corrected chi connectivity index (χ3v) is 3.42. The van der Waals surface area contributed by atoms with Gasteiger partial charge < -0.3 is 20.7 Å². The topological polar surface area (TPSA) is 92.4 Å². The van der Waals surface area contributed by atoms with Crippen LogP contribution in [0.4, 0.5) is 22.0 Å². The first kappa shape index (κ1) is 18.5. The quantitative estimate of drug-likeness (QED) is 0.703. The van der Waals surface area contributed by atoms with E-state index < -0.39 is 5.97 Å². The van der Waals surface area contributed by atoms with E-state index >= 15 is 0 Å². The van der Waals surface area contributed by atoms with Gasteiger partial charge in [0.1, 0.15) is 5.82 Å². The van der Waals surface area contributed by atoms with E-state index in [1.807, 2.05) is 13.8 Å². The van der Waals surface area contributed by atoms with E-state index in [-0.39, 0.29) is 12.1 Å². The van der Waals surface area contributed by atoms with Crippen LogP contribution in [0.25, 0.3) is 0 Å². The fourth-order valence-corrected chi connectivity index (χ4v) is 2.14. The standard InChI is InChI=1S/C17H19ClN4O3/c1-10(2)20-17(24)21-12-5-7-15(19-9-12)22-14-8-11(16(23)25-3)4-6-13(14)18/h4-10H,1-3H3,(H,19,22)(H2,20,21,24). The Morgan fingerprint density at radius 2 is 1.96 bits per heavy atom. The lowest BCUT2D eigenvalue weighted by Gasteiger charge is -2.11. The summed E-state index contributed by atoms with van der Waals surface area (Å²) >= 11 is 6.13. The molecule has 3 N–H and O–H groups in total. The minimum absolute atomic E-state index is 0.0399. The molecule has 0 aliphatic rings. The number of pyridine rings is 1. The molecule has 7 nitrogen and oxygen atoms in total. The minimum Gasteiger partial charge on any atom is -0.465 e. The van der Waals surface area contributed by atoms with Gasteiger partial charge in [-0.2, -0.15) is 0 Å². The van der Waals surface area contributed by atoms with Crippen LogP contribution in [-0.4, -0.2) is 30.1 Å². The molecule has 0 bridgehead atoms. The Balaban J connectivity index is 2.08. The molecule has 0 radical (unpaired) electrons. The average molecular weight is 363 g/mol. The van der Waals surface area contributed by atoms with Crippen LogP contribution < -0.4 is 16.0 Å². The Morgan fingerprint density at radius 3 is 2.56 bits per heavy atom. The summed E-state index contributed by atoms with van der Waals surface area (Å²) in [7, 11) is 1.31. The Morgan fingerprint density at radius 1 is 1.20 bits per heavy atom. The van der Waals surface area contributed by atoms with Gasteiger partial charge in [0, 0.05) is 6.04 Å². The molecule has 0 fully saturated rings. The number of hydrogen-bond donors (Lipinski definition) is 3. The number of esters is 1. The first-order valence-electron chi connectivity index (χ1n) is 7.57. The number of amides is 2. The number of benzene rings is 1. The summed E-state index contributed by atoms with van der Waals surface area (Å²) in [5.74, 6) is 0.0575. The summed E-state index contributed by atoms with van der Waals surface area (Å²) < 4.78 is 4.69. The second-order valence-electron chi connectivity index (χ2n) is 5.50. The van der Waals surface area contributed by atoms with Crippen LogP contribution >= 0.6 is 11.6 Å². The first-order chi connectivity index (χ1) is 11.9. The van der Waals surface area contributed by atoms with Crippen molar-refractivity contribution in [3.05, 3.63) is 47.1 Å². The summed E-state index contributed by atoms with van der Waals surface area (Å²) in [6.45, 7) is 3.74. The molecule has 0 unspecified atom stereocenters. The molecule has 25 heavy (non-hydrogen) atoms. The lowest BCUT2D eigenvalue weighted by atomic mass is 10.2. The third kappa shape index (κ3) is 5.36. The lowest BCUT2D eigenvalue weighted by Crippen LogP contribution is -2.34. The second-order valence-corrected chi connectivity index (χ2v) is 5.90. The van der Waals surface area contributed by atoms with E-state index in [0.717, 1.165) is 0 Å². The summed E-state index contributed by atoms with van der Waals surface area (Å²) in [6.07, 6.45) is 1.51. The van der Waals surface area contributed by atoms with E-state index in [4.69, 9.17) is 11.6 Å². The number of aromatic nitrogens is 1. The monoisotopic (exact) mass is 362 g/mol. The molecule has 8 heteroatoms. The molecule has 0 aliphatic heterocycles. The predicted molar refractivity (Wildman–Crippen MR) is 97.6 cm³/mol. The molecule has 0 aliphatic carbocycles. The molecule has 2 aromatic rings. The van der Waals surface area contributed by atoms with Crippen molar-refractivity contribution in [3.63, 3.8) is 0 Å². The maximum absolute atomic E-state index is 11.6. The zero-order valence-corrected chi connectivity index (χ0v) is 14.8. The molecular formula is C17H19ClN4O3. The fourth-order valence-electron chi connectivity index (χ4n) is 1.97. The maximum Gasteiger partial charge on any atom is 0.337 e. The summed E-state index contributed by atoms with van der Waals surface area (Å²) in [6, 6.07) is 7.89. The molecule has 0 saturated carbocycles. The largest absolute Gasteiger partial charge is 0.465 e. The second kappa shape index (κ2) is 8.34. The molecule has 132 valence electrons. The lowest BCUT2D eigenvalue weighted by molar-refractivity contribution is 0.0601. The van der Waals surface area contributed by atoms with Gasteiger partial charge in [-0.25, -0.2) is 14.6 Å². The van der Waals surface area contributed by atoms with Gasteiger partial charge in [-0.1, -0.05) is 11.6 Å². The van der Waals surface area contributed by atoms with Crippen LogP contribution in [0.1, 0.15) is 24.2 Å². The van der Waals surface area contributed by atoms with Gasteiger partial charge in [-0.3, -0.25) is 0 Å². The Labute approximate surface area is 150 Å². The van der Waals surface area contributed by atoms with Crippen LogP contribution in [0, 0.1) is 0 Å². The molecule has 1 heterocycles. The van der Waals surface area contributed by atoms with Gasteiger partial charge in [0.05, 0.1) is 35.3 Å².